The molecule has 0 unspecified atom stereocenters. The number of hydrogen-bond acceptors (Lipinski definition) is 5. The zero-order valence-electron chi connectivity index (χ0n) is 39.1. The molecule has 68 heavy (non-hydrogen) atoms. The molecule has 0 aliphatic rings. The number of aromatic nitrogens is 4. The van der Waals surface area contributed by atoms with E-state index in [1.54, 1.807) is 12.1 Å². The number of hydrogen-bond donors (Lipinski definition) is 0. The molecule has 6 nitrogen and oxygen atoms in total. The number of para-hydroxylation sites is 3. The van der Waals surface area contributed by atoms with Crippen molar-refractivity contribution in [1.29, 1.82) is 0 Å². The van der Waals surface area contributed by atoms with E-state index in [0.29, 0.717) is 39.2 Å². The van der Waals surface area contributed by atoms with Crippen molar-refractivity contribution < 1.29 is 39.1 Å². The van der Waals surface area contributed by atoms with Gasteiger partial charge >= 0.3 is 160 Å². The van der Waals surface area contributed by atoms with E-state index in [9.17, 15) is 8.78 Å². The molecule has 0 saturated heterocycles. The van der Waals surface area contributed by atoms with Crippen LogP contribution < -0.4 is 4.40 Å². The molecule has 0 fully saturated rings. The van der Waals surface area contributed by atoms with Crippen molar-refractivity contribution in [3.63, 3.8) is 0 Å². The molecule has 0 N–H and O–H groups in total. The second kappa shape index (κ2) is 17.7. The van der Waals surface area contributed by atoms with Crippen LogP contribution in [0.15, 0.2) is 161 Å². The molecule has 12 rings (SSSR count). The Kier molecular flexibility index (Phi) is 11.4. The number of rotatable bonds is 6. The molecule has 5 heterocycles. The van der Waals surface area contributed by atoms with Crippen LogP contribution in [0.2, 0.25) is 17.3 Å². The first kappa shape index (κ1) is 43.8. The van der Waals surface area contributed by atoms with Gasteiger partial charge in [0.15, 0.2) is 5.58 Å². The van der Waals surface area contributed by atoms with Crippen molar-refractivity contribution >= 4 is 83.6 Å². The van der Waals surface area contributed by atoms with Crippen molar-refractivity contribution in [3.8, 4) is 39.5 Å². The molecule has 0 aliphatic heterocycles. The number of nitrogens with zero attached hydrogens (tertiary/aromatic N) is 4. The summed E-state index contributed by atoms with van der Waals surface area (Å²) in [5.74, 6) is 6.29. The maximum absolute atomic E-state index is 14.4. The third-order valence-corrected chi connectivity index (χ3v) is 16.7. The Morgan fingerprint density at radius 3 is 2.32 bits per heavy atom. The van der Waals surface area contributed by atoms with Crippen LogP contribution in [0.3, 0.4) is 0 Å². The minimum Gasteiger partial charge on any atom is 0 e. The Morgan fingerprint density at radius 1 is 0.735 bits per heavy atom. The quantitative estimate of drug-likeness (QED) is 0.123. The molecular weight excluding hydrogens is 1090 g/mol. The normalized spacial score (nSPS) is 12.2. The molecule has 5 aromatic heterocycles. The van der Waals surface area contributed by atoms with E-state index in [-0.39, 0.29) is 31.7 Å². The van der Waals surface area contributed by atoms with Crippen LogP contribution in [-0.4, -0.2) is 32.8 Å². The Hall–Kier alpha value is -6.78. The van der Waals surface area contributed by atoms with Crippen LogP contribution in [0.4, 0.5) is 8.78 Å². The van der Waals surface area contributed by atoms with Crippen LogP contribution >= 0.6 is 0 Å². The largest absolute Gasteiger partial charge is 0 e. The summed E-state index contributed by atoms with van der Waals surface area (Å²) in [6.45, 7) is 5.92. The van der Waals surface area contributed by atoms with E-state index in [4.69, 9.17) is 20.2 Å². The van der Waals surface area contributed by atoms with Gasteiger partial charge in [0, 0.05) is 41.7 Å². The number of halogens is 2. The molecule has 0 atom stereocenters. The van der Waals surface area contributed by atoms with E-state index < -0.39 is 19.2 Å². The number of benzene rings is 7. The third kappa shape index (κ3) is 7.92. The monoisotopic (exact) mass is 1130 g/mol. The van der Waals surface area contributed by atoms with Gasteiger partial charge in [-0.05, 0) is 61.0 Å². The molecule has 10 heteroatoms. The summed E-state index contributed by atoms with van der Waals surface area (Å²) in [4.78, 5) is 14.5. The van der Waals surface area contributed by atoms with Gasteiger partial charge in [0.2, 0.25) is 5.71 Å². The molecule has 0 aliphatic carbocycles. The standard InChI is InChI=1S/C35H19FN3O2.C23H25FGeN.Ir/c1-19-13-16-29(33-31(19)23-7-2-5-12-30(23)40-33)39-28-11-4-3-10-27(28)37-34(39)24-9-6-8-22-25-18-20-17-21(36)14-15-26(20)38-35(25)41-32(22)24;1-16(2)19-14-23(26-15-22(19)25(3,4)5)18-11-12-21(24)20(13-18)17-9-7-6-8-10-17;/h2-8,10-18H,1H3;6-10,12-16H,1-5H3;/q2*-1;/i;16D;. The maximum atomic E-state index is 14.4. The average molecular weight is 1130 g/mol. The third-order valence-electron chi connectivity index (χ3n) is 12.4. The fourth-order valence-electron chi connectivity index (χ4n) is 9.13. The van der Waals surface area contributed by atoms with Crippen molar-refractivity contribution in [2.24, 2.45) is 0 Å². The van der Waals surface area contributed by atoms with Gasteiger partial charge < -0.3 is 13.4 Å². The minimum absolute atomic E-state index is 0. The van der Waals surface area contributed by atoms with Crippen molar-refractivity contribution in [1.82, 2.24) is 19.5 Å². The van der Waals surface area contributed by atoms with Gasteiger partial charge in [0.1, 0.15) is 11.4 Å². The molecule has 7 aromatic carbocycles. The van der Waals surface area contributed by atoms with Crippen LogP contribution in [0.25, 0.3) is 105 Å². The van der Waals surface area contributed by atoms with Gasteiger partial charge in [-0.25, -0.2) is 9.37 Å². The molecule has 0 saturated carbocycles. The summed E-state index contributed by atoms with van der Waals surface area (Å²) in [6, 6.07) is 51.8. The van der Waals surface area contributed by atoms with Gasteiger partial charge in [-0.1, -0.05) is 47.3 Å². The molecule has 1 radical (unpaired) electrons. The second-order valence-corrected chi connectivity index (χ2v) is 28.8. The summed E-state index contributed by atoms with van der Waals surface area (Å²) in [5, 5.41) is 4.55. The number of imidazole rings is 1. The molecule has 12 aromatic rings. The molecule has 0 spiro atoms. The molecular formula is C58H44F2GeIrN4O2-2. The smallest absolute Gasteiger partial charge is 0 e. The van der Waals surface area contributed by atoms with Crippen molar-refractivity contribution in [2.45, 2.75) is 43.9 Å². The van der Waals surface area contributed by atoms with Crippen LogP contribution in [0, 0.1) is 30.7 Å². The van der Waals surface area contributed by atoms with E-state index in [0.717, 1.165) is 77.4 Å². The molecule has 337 valence electrons. The van der Waals surface area contributed by atoms with Gasteiger partial charge in [-0.2, -0.15) is 0 Å². The zero-order valence-corrected chi connectivity index (χ0v) is 42.6. The Labute approximate surface area is 409 Å². The van der Waals surface area contributed by atoms with Crippen LogP contribution in [0.1, 0.15) is 32.2 Å². The Morgan fingerprint density at radius 2 is 1.51 bits per heavy atom. The van der Waals surface area contributed by atoms with E-state index in [2.05, 4.69) is 70.1 Å². The zero-order chi connectivity index (χ0) is 47.1. The fraction of sp³-hybridized carbons (Fsp3) is 0.121. The molecule has 0 amide bonds. The van der Waals surface area contributed by atoms with Crippen LogP contribution in [0.5, 0.6) is 0 Å². The summed E-state index contributed by atoms with van der Waals surface area (Å²) in [7, 11) is 0. The first-order valence-electron chi connectivity index (χ1n) is 22.7. The van der Waals surface area contributed by atoms with Crippen molar-refractivity contribution in [3.05, 3.63) is 187 Å². The molecule has 0 bridgehead atoms. The topological polar surface area (TPSA) is 69.9 Å². The number of aryl methyl sites for hydroxylation is 1. The first-order chi connectivity index (χ1) is 32.7. The first-order valence-corrected chi connectivity index (χ1v) is 29.6. The van der Waals surface area contributed by atoms with Gasteiger partial charge in [-0.15, -0.1) is 18.2 Å². The number of furan rings is 2. The maximum Gasteiger partial charge on any atom is 0 e. The van der Waals surface area contributed by atoms with Gasteiger partial charge in [0.05, 0.1) is 33.6 Å². The summed E-state index contributed by atoms with van der Waals surface area (Å²) >= 11 is -2.17. The SMILES string of the molecule is Cc1ccc(-n2c(-c3[c-]ccc4c3oc3nc5ccc(F)cc5cc34)nc3ccccc32)c2oc3ccccc3c12.[2H]C(C)(C)c1cc(-c2[c-]cc(F)c(-c3ccccc3)c2)nc[c]1[Ge]([CH3])([CH3])[CH3].[Ir]. The number of pyridine rings is 2. The second-order valence-electron chi connectivity index (χ2n) is 18.2. The predicted molar refractivity (Wildman–Crippen MR) is 271 cm³/mol. The Bertz CT molecular complexity index is 3950. The minimum atomic E-state index is -2.17. The summed E-state index contributed by atoms with van der Waals surface area (Å²) < 4.78 is 53.2. The number of fused-ring (bicyclic) bond motifs is 8. The van der Waals surface area contributed by atoms with Gasteiger partial charge in [0.25, 0.3) is 0 Å². The van der Waals surface area contributed by atoms with E-state index in [1.807, 2.05) is 111 Å². The van der Waals surface area contributed by atoms with Crippen LogP contribution in [-0.2, 0) is 20.1 Å². The van der Waals surface area contributed by atoms with Gasteiger partial charge in [-0.3, -0.25) is 4.98 Å². The summed E-state index contributed by atoms with van der Waals surface area (Å²) in [5.41, 5.74) is 11.8. The summed E-state index contributed by atoms with van der Waals surface area (Å²) in [6.07, 6.45) is 1.93. The van der Waals surface area contributed by atoms with E-state index in [1.165, 1.54) is 22.6 Å². The Balaban J connectivity index is 0.000000173. The fourth-order valence-corrected chi connectivity index (χ4v) is 12.5. The average Bonchev–Trinajstić information content (AvgIpc) is 4.03. The predicted octanol–water partition coefficient (Wildman–Crippen LogP) is 15.3. The van der Waals surface area contributed by atoms with E-state index >= 15 is 0 Å². The van der Waals surface area contributed by atoms with Crippen molar-refractivity contribution in [2.75, 3.05) is 0 Å².